The highest BCUT2D eigenvalue weighted by Gasteiger charge is 2.29. The average Bonchev–Trinajstić information content (AvgIpc) is 2.12. The van der Waals surface area contributed by atoms with Crippen LogP contribution in [0, 0.1) is 0 Å². The van der Waals surface area contributed by atoms with Crippen molar-refractivity contribution in [2.24, 2.45) is 0 Å². The number of aliphatic hydroxyl groups excluding tert-OH is 5. The highest BCUT2D eigenvalue weighted by atomic mass is 19.1. The summed E-state index contributed by atoms with van der Waals surface area (Å²) in [7, 11) is 0. The number of halogens is 1. The second kappa shape index (κ2) is 5.39. The molecule has 0 aliphatic heterocycles. The van der Waals surface area contributed by atoms with Crippen molar-refractivity contribution in [3.05, 3.63) is 0 Å². The van der Waals surface area contributed by atoms with E-state index >= 15 is 0 Å². The molecule has 0 heterocycles. The molecule has 4 atom stereocenters. The third-order valence-electron chi connectivity index (χ3n) is 1.48. The van der Waals surface area contributed by atoms with Crippen LogP contribution in [0.5, 0.6) is 0 Å². The van der Waals surface area contributed by atoms with Crippen LogP contribution in [0.4, 0.5) is 4.39 Å². The molecule has 0 fully saturated rings. The van der Waals surface area contributed by atoms with Gasteiger partial charge in [0.2, 0.25) is 0 Å². The molecule has 0 saturated heterocycles. The van der Waals surface area contributed by atoms with E-state index in [2.05, 4.69) is 0 Å². The zero-order valence-corrected chi connectivity index (χ0v) is 6.34. The van der Waals surface area contributed by atoms with E-state index in [0.717, 1.165) is 0 Å². The summed E-state index contributed by atoms with van der Waals surface area (Å²) in [5, 5.41) is 43.5. The molecule has 74 valence electrons. The summed E-state index contributed by atoms with van der Waals surface area (Å²) in [5.41, 5.74) is 0. The van der Waals surface area contributed by atoms with E-state index < -0.39 is 37.7 Å². The number of rotatable bonds is 5. The van der Waals surface area contributed by atoms with Gasteiger partial charge in [-0.2, -0.15) is 0 Å². The van der Waals surface area contributed by atoms with Crippen molar-refractivity contribution in [3.8, 4) is 0 Å². The Balaban J connectivity index is 3.99. The lowest BCUT2D eigenvalue weighted by Gasteiger charge is -2.23. The highest BCUT2D eigenvalue weighted by molar-refractivity contribution is 4.79. The van der Waals surface area contributed by atoms with Gasteiger partial charge in [-0.1, -0.05) is 0 Å². The molecule has 0 aromatic rings. The summed E-state index contributed by atoms with van der Waals surface area (Å²) in [6, 6.07) is 0. The fraction of sp³-hybridized carbons (Fsp3) is 1.00. The van der Waals surface area contributed by atoms with Crippen molar-refractivity contribution >= 4 is 0 Å². The van der Waals surface area contributed by atoms with Crippen LogP contribution in [-0.4, -0.2) is 63.2 Å². The predicted molar refractivity (Wildman–Crippen MR) is 37.1 cm³/mol. The van der Waals surface area contributed by atoms with Gasteiger partial charge in [0.15, 0.2) is 0 Å². The summed E-state index contributed by atoms with van der Waals surface area (Å²) in [6.45, 7) is -1.99. The Bertz CT molecular complexity index is 109. The Morgan fingerprint density at radius 2 is 1.33 bits per heavy atom. The van der Waals surface area contributed by atoms with Gasteiger partial charge in [-0.3, -0.25) is 0 Å². The summed E-state index contributed by atoms with van der Waals surface area (Å²) in [5.74, 6) is 0. The van der Waals surface area contributed by atoms with Gasteiger partial charge >= 0.3 is 0 Å². The van der Waals surface area contributed by atoms with Gasteiger partial charge in [-0.15, -0.1) is 0 Å². The molecule has 0 aromatic carbocycles. The largest absolute Gasteiger partial charge is 0.394 e. The zero-order valence-electron chi connectivity index (χ0n) is 6.34. The van der Waals surface area contributed by atoms with E-state index in [-0.39, 0.29) is 0 Å². The maximum absolute atomic E-state index is 11.7. The van der Waals surface area contributed by atoms with E-state index in [9.17, 15) is 4.39 Å². The zero-order chi connectivity index (χ0) is 9.72. The Labute approximate surface area is 68.7 Å². The van der Waals surface area contributed by atoms with Crippen LogP contribution in [0.3, 0.4) is 0 Å². The quantitative estimate of drug-likeness (QED) is 0.322. The SMILES string of the molecule is OC[C@@H](O)[C@@H](O)[C@H](O)[C@@H](O)CF. The van der Waals surface area contributed by atoms with Crippen molar-refractivity contribution in [1.82, 2.24) is 0 Å². The predicted octanol–water partition coefficient (Wildman–Crippen LogP) is -2.61. The highest BCUT2D eigenvalue weighted by Crippen LogP contribution is 2.04. The minimum absolute atomic E-state index is 0.767. The second-order valence-electron chi connectivity index (χ2n) is 2.45. The third-order valence-corrected chi connectivity index (χ3v) is 1.48. The molecule has 0 radical (unpaired) electrons. The van der Waals surface area contributed by atoms with Gasteiger partial charge in [-0.05, 0) is 0 Å². The van der Waals surface area contributed by atoms with Crippen LogP contribution in [0.15, 0.2) is 0 Å². The Kier molecular flexibility index (Phi) is 5.27. The lowest BCUT2D eigenvalue weighted by Crippen LogP contribution is -2.46. The third kappa shape index (κ3) is 3.00. The molecule has 12 heavy (non-hydrogen) atoms. The molecule has 0 amide bonds. The van der Waals surface area contributed by atoms with Crippen molar-refractivity contribution in [2.75, 3.05) is 13.3 Å². The average molecular weight is 184 g/mol. The Hall–Kier alpha value is -0.270. The standard InChI is InChI=1S/C6H13FO5/c7-1-3(9)5(11)6(12)4(10)2-8/h3-6,8-12H,1-2H2/t3-,4+,5+,6+/m0/s1. The molecule has 0 rings (SSSR count). The maximum Gasteiger partial charge on any atom is 0.118 e. The Morgan fingerprint density at radius 1 is 0.917 bits per heavy atom. The van der Waals surface area contributed by atoms with E-state index in [1.165, 1.54) is 0 Å². The van der Waals surface area contributed by atoms with E-state index in [4.69, 9.17) is 25.5 Å². The molecular weight excluding hydrogens is 171 g/mol. The number of hydrogen-bond donors (Lipinski definition) is 5. The minimum Gasteiger partial charge on any atom is -0.394 e. The smallest absolute Gasteiger partial charge is 0.118 e. The van der Waals surface area contributed by atoms with Crippen molar-refractivity contribution in [3.63, 3.8) is 0 Å². The topological polar surface area (TPSA) is 101 Å². The lowest BCUT2D eigenvalue weighted by atomic mass is 10.0. The van der Waals surface area contributed by atoms with Gasteiger partial charge in [0, 0.05) is 0 Å². The molecule has 0 aromatic heterocycles. The van der Waals surface area contributed by atoms with E-state index in [1.54, 1.807) is 0 Å². The van der Waals surface area contributed by atoms with E-state index in [0.29, 0.717) is 0 Å². The summed E-state index contributed by atoms with van der Waals surface area (Å²) in [4.78, 5) is 0. The second-order valence-corrected chi connectivity index (χ2v) is 2.45. The fourth-order valence-electron chi connectivity index (χ4n) is 0.654. The number of alkyl halides is 1. The van der Waals surface area contributed by atoms with Crippen LogP contribution < -0.4 is 0 Å². The molecule has 0 unspecified atom stereocenters. The molecule has 0 saturated carbocycles. The number of aliphatic hydroxyl groups is 5. The lowest BCUT2D eigenvalue weighted by molar-refractivity contribution is -0.118. The van der Waals surface area contributed by atoms with Crippen molar-refractivity contribution in [1.29, 1.82) is 0 Å². The van der Waals surface area contributed by atoms with Crippen LogP contribution in [0.1, 0.15) is 0 Å². The molecule has 5 nitrogen and oxygen atoms in total. The summed E-state index contributed by atoms with van der Waals surface area (Å²) >= 11 is 0. The van der Waals surface area contributed by atoms with E-state index in [1.807, 2.05) is 0 Å². The van der Waals surface area contributed by atoms with Crippen LogP contribution in [-0.2, 0) is 0 Å². The minimum atomic E-state index is -1.79. The van der Waals surface area contributed by atoms with Crippen molar-refractivity contribution < 1.29 is 29.9 Å². The first kappa shape index (κ1) is 11.7. The molecule has 0 spiro atoms. The molecule has 0 aliphatic rings. The first-order chi connectivity index (χ1) is 5.54. The molecule has 0 aliphatic carbocycles. The molecular formula is C6H13FO5. The molecule has 5 N–H and O–H groups in total. The summed E-state index contributed by atoms with van der Waals surface area (Å²) < 4.78 is 11.7. The van der Waals surface area contributed by atoms with Crippen molar-refractivity contribution in [2.45, 2.75) is 24.4 Å². The first-order valence-electron chi connectivity index (χ1n) is 3.43. The monoisotopic (exact) mass is 184 g/mol. The molecule has 6 heteroatoms. The number of hydrogen-bond acceptors (Lipinski definition) is 5. The fourth-order valence-corrected chi connectivity index (χ4v) is 0.654. The van der Waals surface area contributed by atoms with Crippen LogP contribution in [0.2, 0.25) is 0 Å². The molecule has 0 bridgehead atoms. The van der Waals surface area contributed by atoms with Gasteiger partial charge in [0.1, 0.15) is 31.1 Å². The Morgan fingerprint density at radius 3 is 1.67 bits per heavy atom. The normalized spacial score (nSPS) is 21.5. The first-order valence-corrected chi connectivity index (χ1v) is 3.43. The van der Waals surface area contributed by atoms with Gasteiger partial charge in [-0.25, -0.2) is 4.39 Å². The van der Waals surface area contributed by atoms with Crippen LogP contribution >= 0.6 is 0 Å². The van der Waals surface area contributed by atoms with Gasteiger partial charge in [0.25, 0.3) is 0 Å². The van der Waals surface area contributed by atoms with Gasteiger partial charge < -0.3 is 25.5 Å². The van der Waals surface area contributed by atoms with Crippen LogP contribution in [0.25, 0.3) is 0 Å². The maximum atomic E-state index is 11.7. The van der Waals surface area contributed by atoms with Gasteiger partial charge in [0.05, 0.1) is 6.61 Å². The summed E-state index contributed by atoms with van der Waals surface area (Å²) in [6.07, 6.45) is -6.87.